The van der Waals surface area contributed by atoms with Crippen LogP contribution in [-0.2, 0) is 4.79 Å². The Morgan fingerprint density at radius 2 is 1.60 bits per heavy atom. The van der Waals surface area contributed by atoms with E-state index in [1.165, 1.54) is 11.8 Å². The Balaban J connectivity index is 1.33. The van der Waals surface area contributed by atoms with Crippen molar-refractivity contribution in [2.45, 2.75) is 5.16 Å². The van der Waals surface area contributed by atoms with Crippen LogP contribution in [0.3, 0.4) is 0 Å². The van der Waals surface area contributed by atoms with Gasteiger partial charge in [-0.3, -0.25) is 18.8 Å². The first-order chi connectivity index (χ1) is 14.6. The molecule has 0 fully saturated rings. The topological polar surface area (TPSA) is 80.5 Å². The van der Waals surface area contributed by atoms with Crippen LogP contribution in [0.2, 0.25) is 0 Å². The summed E-state index contributed by atoms with van der Waals surface area (Å²) in [7, 11) is 0. The minimum atomic E-state index is -0.220. The number of imidazole rings is 1. The van der Waals surface area contributed by atoms with Crippen LogP contribution in [0.25, 0.3) is 5.52 Å². The summed E-state index contributed by atoms with van der Waals surface area (Å²) < 4.78 is 1.92. The molecule has 0 saturated heterocycles. The van der Waals surface area contributed by atoms with Crippen molar-refractivity contribution in [3.63, 3.8) is 0 Å². The highest BCUT2D eigenvalue weighted by atomic mass is 32.2. The Hall–Kier alpha value is -3.71. The molecule has 146 valence electrons. The van der Waals surface area contributed by atoms with E-state index in [0.717, 1.165) is 10.7 Å². The second kappa shape index (κ2) is 7.27. The molecule has 5 rings (SSSR count). The lowest BCUT2D eigenvalue weighted by Crippen LogP contribution is -2.21. The number of thioether (sulfide) groups is 1. The highest BCUT2D eigenvalue weighted by Crippen LogP contribution is 2.29. The number of nitrogens with zero attached hydrogens (tertiary/aromatic N) is 2. The zero-order valence-electron chi connectivity index (χ0n) is 15.7. The molecule has 6 nitrogen and oxygen atoms in total. The van der Waals surface area contributed by atoms with Crippen molar-refractivity contribution in [3.05, 3.63) is 95.3 Å². The molecule has 0 saturated carbocycles. The van der Waals surface area contributed by atoms with Crippen LogP contribution in [0.15, 0.2) is 78.2 Å². The van der Waals surface area contributed by atoms with E-state index in [2.05, 4.69) is 10.3 Å². The summed E-state index contributed by atoms with van der Waals surface area (Å²) in [6.07, 6.45) is 3.65. The van der Waals surface area contributed by atoms with Gasteiger partial charge >= 0.3 is 0 Å². The van der Waals surface area contributed by atoms with Crippen molar-refractivity contribution in [3.8, 4) is 0 Å². The van der Waals surface area contributed by atoms with Gasteiger partial charge in [0.1, 0.15) is 0 Å². The molecule has 0 unspecified atom stereocenters. The number of amides is 1. The molecule has 0 radical (unpaired) electrons. The van der Waals surface area contributed by atoms with E-state index in [4.69, 9.17) is 0 Å². The van der Waals surface area contributed by atoms with Gasteiger partial charge in [0.25, 0.3) is 0 Å². The van der Waals surface area contributed by atoms with Gasteiger partial charge in [0, 0.05) is 34.1 Å². The molecule has 1 N–H and O–H groups in total. The number of carbonyl (C=O) groups is 3. The standard InChI is InChI=1S/C23H15N3O3S/c27-20(13-30-23-24-12-15-5-3-4-10-26(15)23)25-14-8-9-18-19(11-14)22(29)17-7-2-1-6-16(17)21(18)28/h1-12H,13H2,(H,25,27). The molecule has 1 aliphatic rings. The third kappa shape index (κ3) is 3.09. The van der Waals surface area contributed by atoms with Gasteiger partial charge < -0.3 is 5.32 Å². The third-order valence-electron chi connectivity index (χ3n) is 4.95. The lowest BCUT2D eigenvalue weighted by Gasteiger charge is -2.18. The van der Waals surface area contributed by atoms with Crippen molar-refractivity contribution in [2.24, 2.45) is 0 Å². The Bertz CT molecular complexity index is 1340. The van der Waals surface area contributed by atoms with Gasteiger partial charge in [0.05, 0.1) is 17.5 Å². The van der Waals surface area contributed by atoms with Gasteiger partial charge in [-0.15, -0.1) is 0 Å². The Morgan fingerprint density at radius 1 is 0.900 bits per heavy atom. The highest BCUT2D eigenvalue weighted by Gasteiger charge is 2.29. The minimum absolute atomic E-state index is 0.167. The van der Waals surface area contributed by atoms with Crippen LogP contribution in [0.5, 0.6) is 0 Å². The number of benzene rings is 2. The first-order valence-corrected chi connectivity index (χ1v) is 10.3. The summed E-state index contributed by atoms with van der Waals surface area (Å²) in [4.78, 5) is 42.3. The average molecular weight is 413 g/mol. The fourth-order valence-corrected chi connectivity index (χ4v) is 4.30. The average Bonchev–Trinajstić information content (AvgIpc) is 3.19. The molecule has 30 heavy (non-hydrogen) atoms. The second-order valence-corrected chi connectivity index (χ2v) is 7.78. The molecular formula is C23H15N3O3S. The molecular weight excluding hydrogens is 398 g/mol. The lowest BCUT2D eigenvalue weighted by atomic mass is 9.84. The monoisotopic (exact) mass is 413 g/mol. The molecule has 1 amide bonds. The maximum atomic E-state index is 12.8. The summed E-state index contributed by atoms with van der Waals surface area (Å²) in [6.45, 7) is 0. The van der Waals surface area contributed by atoms with Crippen LogP contribution < -0.4 is 5.32 Å². The first-order valence-electron chi connectivity index (χ1n) is 9.29. The van der Waals surface area contributed by atoms with E-state index < -0.39 is 0 Å². The predicted molar refractivity (Wildman–Crippen MR) is 114 cm³/mol. The number of fused-ring (bicyclic) bond motifs is 3. The summed E-state index contributed by atoms with van der Waals surface area (Å²) in [5.74, 6) is -0.446. The first kappa shape index (κ1) is 18.3. The normalized spacial score (nSPS) is 12.5. The van der Waals surface area contributed by atoms with Crippen LogP contribution >= 0.6 is 11.8 Å². The van der Waals surface area contributed by atoms with E-state index in [1.54, 1.807) is 48.7 Å². The number of carbonyl (C=O) groups excluding carboxylic acids is 3. The fourth-order valence-electron chi connectivity index (χ4n) is 3.53. The van der Waals surface area contributed by atoms with Crippen molar-refractivity contribution in [2.75, 3.05) is 11.1 Å². The van der Waals surface area contributed by atoms with Gasteiger partial charge in [-0.2, -0.15) is 0 Å². The van der Waals surface area contributed by atoms with Gasteiger partial charge in [0.15, 0.2) is 16.7 Å². The molecule has 0 bridgehead atoms. The van der Waals surface area contributed by atoms with E-state index >= 15 is 0 Å². The number of hydrogen-bond donors (Lipinski definition) is 1. The van der Waals surface area contributed by atoms with Crippen LogP contribution in [0, 0.1) is 0 Å². The molecule has 0 atom stereocenters. The largest absolute Gasteiger partial charge is 0.325 e. The Morgan fingerprint density at radius 3 is 2.40 bits per heavy atom. The minimum Gasteiger partial charge on any atom is -0.325 e. The summed E-state index contributed by atoms with van der Waals surface area (Å²) in [5, 5.41) is 3.53. The SMILES string of the molecule is O=C(CSc1ncc2ccccn12)Nc1ccc2c(c1)C(=O)c1ccccc1C2=O. The Labute approximate surface area is 175 Å². The van der Waals surface area contributed by atoms with Gasteiger partial charge in [-0.05, 0) is 30.3 Å². The van der Waals surface area contributed by atoms with Crippen molar-refractivity contribution in [1.82, 2.24) is 9.38 Å². The van der Waals surface area contributed by atoms with E-state index in [-0.39, 0.29) is 23.2 Å². The maximum Gasteiger partial charge on any atom is 0.234 e. The third-order valence-corrected chi connectivity index (χ3v) is 5.91. The highest BCUT2D eigenvalue weighted by molar-refractivity contribution is 7.99. The molecule has 2 heterocycles. The number of anilines is 1. The van der Waals surface area contributed by atoms with Crippen molar-refractivity contribution < 1.29 is 14.4 Å². The molecule has 2 aromatic heterocycles. The summed E-state index contributed by atoms with van der Waals surface area (Å²) in [6, 6.07) is 17.4. The van der Waals surface area contributed by atoms with Crippen LogP contribution in [0.1, 0.15) is 31.8 Å². The van der Waals surface area contributed by atoms with E-state index in [0.29, 0.717) is 27.9 Å². The zero-order valence-corrected chi connectivity index (χ0v) is 16.5. The number of rotatable bonds is 4. The van der Waals surface area contributed by atoms with Gasteiger partial charge in [-0.25, -0.2) is 4.98 Å². The molecule has 1 aliphatic carbocycles. The number of nitrogens with one attached hydrogen (secondary N) is 1. The van der Waals surface area contributed by atoms with Crippen molar-refractivity contribution in [1.29, 1.82) is 0 Å². The fraction of sp³-hybridized carbons (Fsp3) is 0.0435. The predicted octanol–water partition coefficient (Wildman–Crippen LogP) is 3.84. The smallest absolute Gasteiger partial charge is 0.234 e. The second-order valence-electron chi connectivity index (χ2n) is 6.84. The molecule has 7 heteroatoms. The molecule has 0 aliphatic heterocycles. The zero-order chi connectivity index (χ0) is 20.7. The maximum absolute atomic E-state index is 12.8. The van der Waals surface area contributed by atoms with E-state index in [9.17, 15) is 14.4 Å². The number of aromatic nitrogens is 2. The number of hydrogen-bond acceptors (Lipinski definition) is 5. The summed E-state index contributed by atoms with van der Waals surface area (Å²) >= 11 is 1.32. The molecule has 2 aromatic carbocycles. The summed E-state index contributed by atoms with van der Waals surface area (Å²) in [5.41, 5.74) is 2.90. The van der Waals surface area contributed by atoms with Crippen molar-refractivity contribution >= 4 is 40.4 Å². The van der Waals surface area contributed by atoms with Crippen LogP contribution in [-0.4, -0.2) is 32.6 Å². The van der Waals surface area contributed by atoms with Crippen LogP contribution in [0.4, 0.5) is 5.69 Å². The van der Waals surface area contributed by atoms with Gasteiger partial charge in [-0.1, -0.05) is 42.1 Å². The Kier molecular flexibility index (Phi) is 4.44. The van der Waals surface area contributed by atoms with Gasteiger partial charge in [0.2, 0.25) is 5.91 Å². The number of ketones is 2. The number of pyridine rings is 1. The quantitative estimate of drug-likeness (QED) is 0.453. The van der Waals surface area contributed by atoms with E-state index in [1.807, 2.05) is 28.8 Å². The molecule has 0 spiro atoms. The molecule has 4 aromatic rings. The lowest BCUT2D eigenvalue weighted by molar-refractivity contribution is -0.113.